The molecule has 0 spiro atoms. The smallest absolute Gasteiger partial charge is 0.335 e. The van der Waals surface area contributed by atoms with Gasteiger partial charge in [-0.15, -0.1) is 0 Å². The molecule has 2 rings (SSSR count). The van der Waals surface area contributed by atoms with E-state index in [0.29, 0.717) is 5.56 Å². The number of carbonyl (C=O) groups excluding carboxylic acids is 1. The van der Waals surface area contributed by atoms with Crippen LogP contribution < -0.4 is 16.6 Å². The number of ether oxygens (including phenoxy) is 1. The molecule has 9 heteroatoms. The van der Waals surface area contributed by atoms with Gasteiger partial charge in [-0.2, -0.15) is 0 Å². The van der Waals surface area contributed by atoms with Crippen LogP contribution in [0.5, 0.6) is 0 Å². The van der Waals surface area contributed by atoms with Crippen molar-refractivity contribution >= 4 is 17.6 Å². The average molecular weight is 347 g/mol. The maximum atomic E-state index is 12.1. The number of carboxylic acids is 1. The van der Waals surface area contributed by atoms with Crippen molar-refractivity contribution in [2.45, 2.75) is 13.2 Å². The lowest BCUT2D eigenvalue weighted by atomic mass is 10.1. The van der Waals surface area contributed by atoms with E-state index in [2.05, 4.69) is 5.32 Å². The highest BCUT2D eigenvalue weighted by molar-refractivity contribution is 5.94. The number of methoxy groups -OCH3 is 1. The average Bonchev–Trinajstić information content (AvgIpc) is 2.55. The summed E-state index contributed by atoms with van der Waals surface area (Å²) < 4.78 is 6.94. The van der Waals surface area contributed by atoms with E-state index in [1.54, 1.807) is 6.07 Å². The van der Waals surface area contributed by atoms with E-state index in [9.17, 15) is 19.2 Å². The number of anilines is 1. The maximum Gasteiger partial charge on any atom is 0.335 e. The summed E-state index contributed by atoms with van der Waals surface area (Å²) in [5.74, 6) is -1.67. The molecule has 0 saturated carbocycles. The zero-order chi connectivity index (χ0) is 18.6. The van der Waals surface area contributed by atoms with Crippen molar-refractivity contribution in [2.24, 2.45) is 7.05 Å². The van der Waals surface area contributed by atoms with E-state index in [1.807, 2.05) is 0 Å². The Bertz CT molecular complexity index is 928. The number of rotatable bonds is 6. The number of nitrogens with one attached hydrogen (secondary N) is 1. The number of hydrogen-bond acceptors (Lipinski definition) is 5. The summed E-state index contributed by atoms with van der Waals surface area (Å²) in [6.45, 7) is -0.131. The second kappa shape index (κ2) is 7.58. The third-order valence-electron chi connectivity index (χ3n) is 3.41. The molecule has 0 atom stereocenters. The van der Waals surface area contributed by atoms with Crippen LogP contribution in [-0.4, -0.2) is 33.2 Å². The molecule has 0 unspecified atom stereocenters. The molecule has 1 aromatic heterocycles. The van der Waals surface area contributed by atoms with Gasteiger partial charge in [-0.25, -0.2) is 9.59 Å². The highest BCUT2D eigenvalue weighted by atomic mass is 16.5. The van der Waals surface area contributed by atoms with E-state index in [-0.39, 0.29) is 24.4 Å². The molecular weight excluding hydrogens is 330 g/mol. The number of amides is 1. The normalized spacial score (nSPS) is 10.5. The summed E-state index contributed by atoms with van der Waals surface area (Å²) in [5.41, 5.74) is -0.238. The van der Waals surface area contributed by atoms with Crippen molar-refractivity contribution in [2.75, 3.05) is 12.4 Å². The molecule has 0 fully saturated rings. The Morgan fingerprint density at radius 1 is 1.24 bits per heavy atom. The van der Waals surface area contributed by atoms with Crippen molar-refractivity contribution < 1.29 is 19.4 Å². The zero-order valence-corrected chi connectivity index (χ0v) is 13.7. The number of aromatic carboxylic acids is 1. The van der Waals surface area contributed by atoms with Gasteiger partial charge in [0.05, 0.1) is 12.2 Å². The first-order chi connectivity index (χ1) is 11.8. The summed E-state index contributed by atoms with van der Waals surface area (Å²) in [7, 11) is 2.78. The molecule has 132 valence electrons. The number of aromatic nitrogens is 2. The van der Waals surface area contributed by atoms with E-state index in [1.165, 1.54) is 38.6 Å². The van der Waals surface area contributed by atoms with Crippen molar-refractivity contribution in [1.82, 2.24) is 9.13 Å². The lowest BCUT2D eigenvalue weighted by molar-refractivity contribution is -0.116. The van der Waals surface area contributed by atoms with Crippen molar-refractivity contribution in [3.63, 3.8) is 0 Å². The molecule has 0 aliphatic heterocycles. The molecule has 25 heavy (non-hydrogen) atoms. The van der Waals surface area contributed by atoms with Gasteiger partial charge < -0.3 is 15.2 Å². The maximum absolute atomic E-state index is 12.1. The minimum absolute atomic E-state index is 0.00382. The Morgan fingerprint density at radius 3 is 2.60 bits per heavy atom. The second-order valence-corrected chi connectivity index (χ2v) is 5.33. The van der Waals surface area contributed by atoms with Gasteiger partial charge in [0.2, 0.25) is 5.91 Å². The van der Waals surface area contributed by atoms with E-state index >= 15 is 0 Å². The molecule has 0 saturated heterocycles. The van der Waals surface area contributed by atoms with E-state index in [4.69, 9.17) is 9.84 Å². The molecule has 1 amide bonds. The summed E-state index contributed by atoms with van der Waals surface area (Å²) >= 11 is 0. The summed E-state index contributed by atoms with van der Waals surface area (Å²) in [6, 6.07) is 5.51. The zero-order valence-electron chi connectivity index (χ0n) is 13.7. The van der Waals surface area contributed by atoms with Crippen LogP contribution in [-0.2, 0) is 29.7 Å². The number of carboxylic acid groups (broad SMARTS) is 1. The van der Waals surface area contributed by atoms with Crippen LogP contribution in [0.3, 0.4) is 0 Å². The van der Waals surface area contributed by atoms with Crippen LogP contribution in [0.25, 0.3) is 0 Å². The fraction of sp³-hybridized carbons (Fsp3) is 0.250. The Labute approximate surface area is 142 Å². The molecule has 2 N–H and O–H groups in total. The quantitative estimate of drug-likeness (QED) is 0.761. The minimum Gasteiger partial charge on any atom is -0.478 e. The van der Waals surface area contributed by atoms with Gasteiger partial charge in [-0.1, -0.05) is 0 Å². The molecule has 1 heterocycles. The molecule has 0 radical (unpaired) electrons. The molecule has 2 aromatic rings. The largest absolute Gasteiger partial charge is 0.478 e. The van der Waals surface area contributed by atoms with Gasteiger partial charge in [-0.05, 0) is 23.8 Å². The predicted octanol–water partition coefficient (Wildman–Crippen LogP) is 0.0303. The summed E-state index contributed by atoms with van der Waals surface area (Å²) in [6.07, 6.45) is 1.23. The summed E-state index contributed by atoms with van der Waals surface area (Å²) in [5, 5.41) is 11.7. The lowest BCUT2D eigenvalue weighted by Gasteiger charge is -2.10. The second-order valence-electron chi connectivity index (χ2n) is 5.33. The Hall–Kier alpha value is -3.20. The van der Waals surface area contributed by atoms with Gasteiger partial charge in [0, 0.05) is 32.1 Å². The molecule has 0 aliphatic carbocycles. The molecule has 1 aromatic carbocycles. The first-order valence-electron chi connectivity index (χ1n) is 7.24. The number of hydrogen-bond donors (Lipinski definition) is 2. The van der Waals surface area contributed by atoms with Crippen LogP contribution in [0, 0.1) is 0 Å². The van der Waals surface area contributed by atoms with Crippen molar-refractivity contribution in [3.8, 4) is 0 Å². The minimum atomic E-state index is -1.14. The highest BCUT2D eigenvalue weighted by Gasteiger charge is 2.11. The van der Waals surface area contributed by atoms with E-state index < -0.39 is 23.1 Å². The van der Waals surface area contributed by atoms with Gasteiger partial charge in [0.25, 0.3) is 5.56 Å². The lowest BCUT2D eigenvalue weighted by Crippen LogP contribution is -2.38. The van der Waals surface area contributed by atoms with Crippen LogP contribution in [0.4, 0.5) is 5.69 Å². The molecule has 9 nitrogen and oxygen atoms in total. The van der Waals surface area contributed by atoms with Crippen molar-refractivity contribution in [3.05, 3.63) is 62.4 Å². The fourth-order valence-electron chi connectivity index (χ4n) is 2.23. The van der Waals surface area contributed by atoms with Gasteiger partial charge in [0.15, 0.2) is 0 Å². The van der Waals surface area contributed by atoms with Crippen LogP contribution in [0.2, 0.25) is 0 Å². The monoisotopic (exact) mass is 347 g/mol. The Morgan fingerprint density at radius 2 is 1.96 bits per heavy atom. The third-order valence-corrected chi connectivity index (χ3v) is 3.41. The van der Waals surface area contributed by atoms with Gasteiger partial charge in [-0.3, -0.25) is 18.7 Å². The molecule has 0 bridgehead atoms. The fourth-order valence-corrected chi connectivity index (χ4v) is 2.23. The Kier molecular flexibility index (Phi) is 5.50. The Balaban J connectivity index is 2.23. The first kappa shape index (κ1) is 18.1. The standard InChI is InChI=1S/C16H17N3O6/c1-18-14(21)3-4-19(16(18)24)8-13(20)17-12-6-10(9-25-2)5-11(7-12)15(22)23/h3-7H,8-9H2,1-2H3,(H,17,20)(H,22,23). The number of benzene rings is 1. The van der Waals surface area contributed by atoms with Crippen molar-refractivity contribution in [1.29, 1.82) is 0 Å². The predicted molar refractivity (Wildman–Crippen MR) is 88.7 cm³/mol. The summed E-state index contributed by atoms with van der Waals surface area (Å²) in [4.78, 5) is 46.6. The molecule has 0 aliphatic rings. The highest BCUT2D eigenvalue weighted by Crippen LogP contribution is 2.16. The van der Waals surface area contributed by atoms with E-state index in [0.717, 1.165) is 9.13 Å². The van der Waals surface area contributed by atoms with Crippen LogP contribution in [0.1, 0.15) is 15.9 Å². The first-order valence-corrected chi connectivity index (χ1v) is 7.24. The van der Waals surface area contributed by atoms with Gasteiger partial charge >= 0.3 is 11.7 Å². The number of nitrogens with zero attached hydrogens (tertiary/aromatic N) is 2. The third kappa shape index (κ3) is 4.42. The van der Waals surface area contributed by atoms with Gasteiger partial charge in [0.1, 0.15) is 6.54 Å². The molecular formula is C16H17N3O6. The van der Waals surface area contributed by atoms with Crippen LogP contribution >= 0.6 is 0 Å². The number of carbonyl (C=O) groups is 2. The topological polar surface area (TPSA) is 120 Å². The SMILES string of the molecule is COCc1cc(NC(=O)Cn2ccc(=O)n(C)c2=O)cc(C(=O)O)c1. The van der Waals surface area contributed by atoms with Crippen LogP contribution in [0.15, 0.2) is 40.1 Å².